The third-order valence-corrected chi connectivity index (χ3v) is 2.89. The number of hydrogen-bond donors (Lipinski definition) is 1. The quantitative estimate of drug-likeness (QED) is 0.763. The van der Waals surface area contributed by atoms with Crippen LogP contribution in [-0.4, -0.2) is 5.11 Å². The van der Waals surface area contributed by atoms with Crippen LogP contribution in [0.5, 0.6) is 5.75 Å². The molecule has 0 amide bonds. The predicted molar refractivity (Wildman–Crippen MR) is 64.4 cm³/mol. The van der Waals surface area contributed by atoms with Crippen LogP contribution >= 0.6 is 0 Å². The van der Waals surface area contributed by atoms with Gasteiger partial charge in [-0.3, -0.25) is 0 Å². The average Bonchev–Trinajstić information content (AvgIpc) is 2.19. The third-order valence-electron chi connectivity index (χ3n) is 2.89. The number of hydrogen-bond acceptors (Lipinski definition) is 1. The number of fused-ring (bicyclic) bond motifs is 1. The van der Waals surface area contributed by atoms with Gasteiger partial charge in [-0.1, -0.05) is 13.8 Å². The van der Waals surface area contributed by atoms with Gasteiger partial charge in [0.05, 0.1) is 0 Å². The minimum absolute atomic E-state index is 0.201. The highest BCUT2D eigenvalue weighted by atomic mass is 19.1. The molecule has 2 aromatic rings. The zero-order valence-corrected chi connectivity index (χ0v) is 9.71. The second-order valence-corrected chi connectivity index (χ2v) is 4.51. The van der Waals surface area contributed by atoms with E-state index in [1.54, 1.807) is 19.1 Å². The summed E-state index contributed by atoms with van der Waals surface area (Å²) in [6.45, 7) is 5.74. The molecular weight excluding hydrogens is 203 g/mol. The van der Waals surface area contributed by atoms with E-state index in [2.05, 4.69) is 0 Å². The summed E-state index contributed by atoms with van der Waals surface area (Å²) in [5, 5.41) is 11.6. The molecule has 16 heavy (non-hydrogen) atoms. The van der Waals surface area contributed by atoms with E-state index in [1.165, 1.54) is 6.07 Å². The zero-order chi connectivity index (χ0) is 11.9. The molecule has 0 aliphatic carbocycles. The minimum Gasteiger partial charge on any atom is -0.508 e. The van der Waals surface area contributed by atoms with Crippen LogP contribution in [0.15, 0.2) is 24.3 Å². The Morgan fingerprint density at radius 3 is 2.31 bits per heavy atom. The summed E-state index contributed by atoms with van der Waals surface area (Å²) >= 11 is 0. The van der Waals surface area contributed by atoms with Crippen LogP contribution in [0, 0.1) is 12.7 Å². The minimum atomic E-state index is -0.201. The Morgan fingerprint density at radius 1 is 1.06 bits per heavy atom. The molecule has 2 heteroatoms. The Kier molecular flexibility index (Phi) is 2.58. The van der Waals surface area contributed by atoms with Crippen LogP contribution in [0.25, 0.3) is 10.8 Å². The van der Waals surface area contributed by atoms with E-state index in [0.717, 1.165) is 16.3 Å². The third kappa shape index (κ3) is 1.75. The largest absolute Gasteiger partial charge is 0.508 e. The van der Waals surface area contributed by atoms with Gasteiger partial charge in [-0.2, -0.15) is 0 Å². The molecule has 0 bridgehead atoms. The van der Waals surface area contributed by atoms with E-state index >= 15 is 0 Å². The molecule has 2 rings (SSSR count). The van der Waals surface area contributed by atoms with Crippen molar-refractivity contribution in [2.75, 3.05) is 0 Å². The van der Waals surface area contributed by atoms with Gasteiger partial charge >= 0.3 is 0 Å². The number of phenols is 1. The summed E-state index contributed by atoms with van der Waals surface area (Å²) in [5.74, 6) is 0.315. The molecule has 0 radical (unpaired) electrons. The van der Waals surface area contributed by atoms with Crippen LogP contribution in [0.1, 0.15) is 30.9 Å². The lowest BCUT2D eigenvalue weighted by Gasteiger charge is -2.10. The first-order valence-corrected chi connectivity index (χ1v) is 5.42. The highest BCUT2D eigenvalue weighted by molar-refractivity contribution is 5.85. The Labute approximate surface area is 94.5 Å². The van der Waals surface area contributed by atoms with E-state index in [1.807, 2.05) is 19.9 Å². The summed E-state index contributed by atoms with van der Waals surface area (Å²) in [6.07, 6.45) is 0. The second kappa shape index (κ2) is 3.78. The molecule has 0 saturated heterocycles. The van der Waals surface area contributed by atoms with Crippen LogP contribution in [0.2, 0.25) is 0 Å². The lowest BCUT2D eigenvalue weighted by molar-refractivity contribution is 0.466. The maximum atomic E-state index is 13.4. The molecule has 0 spiro atoms. The molecule has 0 fully saturated rings. The van der Waals surface area contributed by atoms with Gasteiger partial charge in [0.1, 0.15) is 11.6 Å². The molecule has 0 unspecified atom stereocenters. The maximum absolute atomic E-state index is 13.4. The first-order chi connectivity index (χ1) is 7.49. The smallest absolute Gasteiger partial charge is 0.126 e. The first-order valence-electron chi connectivity index (χ1n) is 5.42. The van der Waals surface area contributed by atoms with Gasteiger partial charge < -0.3 is 5.11 Å². The molecule has 0 saturated carbocycles. The van der Waals surface area contributed by atoms with Crippen LogP contribution in [0.3, 0.4) is 0 Å². The fourth-order valence-electron chi connectivity index (χ4n) is 1.90. The van der Waals surface area contributed by atoms with E-state index in [9.17, 15) is 9.50 Å². The Bertz CT molecular complexity index is 544. The van der Waals surface area contributed by atoms with Crippen LogP contribution in [0.4, 0.5) is 4.39 Å². The normalized spacial score (nSPS) is 11.3. The summed E-state index contributed by atoms with van der Waals surface area (Å²) in [7, 11) is 0. The Morgan fingerprint density at radius 2 is 1.69 bits per heavy atom. The monoisotopic (exact) mass is 218 g/mol. The van der Waals surface area contributed by atoms with Gasteiger partial charge in [-0.05, 0) is 59.0 Å². The van der Waals surface area contributed by atoms with Crippen molar-refractivity contribution in [2.45, 2.75) is 26.7 Å². The fourth-order valence-corrected chi connectivity index (χ4v) is 1.90. The molecule has 0 aliphatic rings. The van der Waals surface area contributed by atoms with Crippen molar-refractivity contribution in [3.63, 3.8) is 0 Å². The van der Waals surface area contributed by atoms with Gasteiger partial charge in [-0.25, -0.2) is 4.39 Å². The topological polar surface area (TPSA) is 20.2 Å². The van der Waals surface area contributed by atoms with Crippen molar-refractivity contribution in [1.29, 1.82) is 0 Å². The predicted octanol–water partition coefficient (Wildman–Crippen LogP) is 4.12. The number of halogens is 1. The van der Waals surface area contributed by atoms with Crippen molar-refractivity contribution in [2.24, 2.45) is 0 Å². The Hall–Kier alpha value is -1.57. The SMILES string of the molecule is Cc1cc2cc(O)c(C(C)C)cc2cc1F. The molecular formula is C14H15FO. The van der Waals surface area contributed by atoms with Gasteiger partial charge in [0.2, 0.25) is 0 Å². The zero-order valence-electron chi connectivity index (χ0n) is 9.71. The second-order valence-electron chi connectivity index (χ2n) is 4.51. The van der Waals surface area contributed by atoms with Crippen molar-refractivity contribution in [3.05, 3.63) is 41.2 Å². The molecule has 0 atom stereocenters. The molecule has 2 aromatic carbocycles. The summed E-state index contributed by atoms with van der Waals surface area (Å²) in [4.78, 5) is 0. The van der Waals surface area contributed by atoms with Gasteiger partial charge in [-0.15, -0.1) is 0 Å². The molecule has 1 N–H and O–H groups in total. The van der Waals surface area contributed by atoms with Crippen LogP contribution in [-0.2, 0) is 0 Å². The summed E-state index contributed by atoms with van der Waals surface area (Å²) in [5.41, 5.74) is 1.46. The van der Waals surface area contributed by atoms with Gasteiger partial charge in [0.15, 0.2) is 0 Å². The van der Waals surface area contributed by atoms with Crippen LogP contribution < -0.4 is 0 Å². The lowest BCUT2D eigenvalue weighted by Crippen LogP contribution is -1.90. The maximum Gasteiger partial charge on any atom is 0.126 e. The first kappa shape index (κ1) is 10.9. The molecule has 0 aliphatic heterocycles. The molecule has 1 nitrogen and oxygen atoms in total. The number of rotatable bonds is 1. The highest BCUT2D eigenvalue weighted by Crippen LogP contribution is 2.31. The van der Waals surface area contributed by atoms with Gasteiger partial charge in [0.25, 0.3) is 0 Å². The number of phenolic OH excluding ortho intramolecular Hbond substituents is 1. The summed E-state index contributed by atoms with van der Waals surface area (Å²) in [6, 6.07) is 6.85. The summed E-state index contributed by atoms with van der Waals surface area (Å²) < 4.78 is 13.4. The number of aryl methyl sites for hydroxylation is 1. The van der Waals surface area contributed by atoms with E-state index in [-0.39, 0.29) is 17.5 Å². The molecule has 0 aromatic heterocycles. The van der Waals surface area contributed by atoms with Crippen molar-refractivity contribution >= 4 is 10.8 Å². The van der Waals surface area contributed by atoms with E-state index in [4.69, 9.17) is 0 Å². The lowest BCUT2D eigenvalue weighted by atomic mass is 9.97. The average molecular weight is 218 g/mol. The van der Waals surface area contributed by atoms with Crippen molar-refractivity contribution in [1.82, 2.24) is 0 Å². The standard InChI is InChI=1S/C14H15FO/c1-8(2)12-5-11-6-13(15)9(3)4-10(11)7-14(12)16/h4-8,16H,1-3H3. The Balaban J connectivity index is 2.74. The van der Waals surface area contributed by atoms with E-state index < -0.39 is 0 Å². The molecule has 0 heterocycles. The van der Waals surface area contributed by atoms with Gasteiger partial charge in [0, 0.05) is 0 Å². The number of benzene rings is 2. The van der Waals surface area contributed by atoms with Crippen molar-refractivity contribution < 1.29 is 9.50 Å². The molecule has 84 valence electrons. The van der Waals surface area contributed by atoms with Crippen molar-refractivity contribution in [3.8, 4) is 5.75 Å². The fraction of sp³-hybridized carbons (Fsp3) is 0.286. The van der Waals surface area contributed by atoms with E-state index in [0.29, 0.717) is 5.56 Å². The highest BCUT2D eigenvalue weighted by Gasteiger charge is 2.09. The number of aromatic hydroxyl groups is 1.